The number of primary sulfonamides is 1. The third-order valence-electron chi connectivity index (χ3n) is 3.79. The molecule has 0 fully saturated rings. The lowest BCUT2D eigenvalue weighted by Gasteiger charge is -2.18. The first kappa shape index (κ1) is 20.7. The van der Waals surface area contributed by atoms with Crippen LogP contribution in [0.1, 0.15) is 18.1 Å². The summed E-state index contributed by atoms with van der Waals surface area (Å²) < 4.78 is 29.5. The molecular formula is C17H18BrClN2O4S. The van der Waals surface area contributed by atoms with Crippen molar-refractivity contribution < 1.29 is 17.9 Å². The Labute approximate surface area is 165 Å². The van der Waals surface area contributed by atoms with E-state index in [1.807, 2.05) is 0 Å². The van der Waals surface area contributed by atoms with E-state index in [-0.39, 0.29) is 4.90 Å². The van der Waals surface area contributed by atoms with E-state index < -0.39 is 22.0 Å². The van der Waals surface area contributed by atoms with E-state index in [1.54, 1.807) is 39.0 Å². The number of aryl methyl sites for hydroxylation is 1. The van der Waals surface area contributed by atoms with Crippen molar-refractivity contribution in [1.82, 2.24) is 0 Å². The quantitative estimate of drug-likeness (QED) is 0.708. The van der Waals surface area contributed by atoms with Gasteiger partial charge >= 0.3 is 0 Å². The van der Waals surface area contributed by atoms with Crippen LogP contribution in [0.3, 0.4) is 0 Å². The second-order valence-corrected chi connectivity index (χ2v) is 8.63. The highest BCUT2D eigenvalue weighted by Gasteiger charge is 2.19. The van der Waals surface area contributed by atoms with Gasteiger partial charge in [-0.25, -0.2) is 13.6 Å². The van der Waals surface area contributed by atoms with E-state index in [9.17, 15) is 13.2 Å². The van der Waals surface area contributed by atoms with Crippen LogP contribution < -0.4 is 15.2 Å². The second-order valence-electron chi connectivity index (χ2n) is 5.78. The molecule has 0 radical (unpaired) electrons. The average Bonchev–Trinajstić information content (AvgIpc) is 2.53. The van der Waals surface area contributed by atoms with Crippen molar-refractivity contribution in [3.05, 3.63) is 51.0 Å². The van der Waals surface area contributed by atoms with Gasteiger partial charge in [0.25, 0.3) is 5.91 Å². The fourth-order valence-corrected chi connectivity index (χ4v) is 3.57. The molecule has 1 unspecified atom stereocenters. The topological polar surface area (TPSA) is 98.5 Å². The van der Waals surface area contributed by atoms with Gasteiger partial charge in [-0.05, 0) is 78.2 Å². The molecule has 0 aromatic heterocycles. The number of carbonyl (C=O) groups excluding carboxylic acids is 1. The molecule has 0 saturated carbocycles. The summed E-state index contributed by atoms with van der Waals surface area (Å²) in [5.41, 5.74) is 1.80. The maximum atomic E-state index is 12.5. The monoisotopic (exact) mass is 460 g/mol. The lowest BCUT2D eigenvalue weighted by atomic mass is 10.1. The molecule has 1 atom stereocenters. The van der Waals surface area contributed by atoms with Crippen LogP contribution in [-0.4, -0.2) is 20.4 Å². The molecular weight excluding hydrogens is 444 g/mol. The molecule has 2 rings (SSSR count). The van der Waals surface area contributed by atoms with Crippen molar-refractivity contribution in [3.8, 4) is 5.75 Å². The van der Waals surface area contributed by atoms with Crippen molar-refractivity contribution in [1.29, 1.82) is 0 Å². The van der Waals surface area contributed by atoms with Gasteiger partial charge in [-0.2, -0.15) is 0 Å². The maximum absolute atomic E-state index is 12.5. The average molecular weight is 462 g/mol. The number of hydrogen-bond acceptors (Lipinski definition) is 4. The zero-order valence-electron chi connectivity index (χ0n) is 14.3. The van der Waals surface area contributed by atoms with Crippen LogP contribution in [0.2, 0.25) is 5.02 Å². The van der Waals surface area contributed by atoms with Crippen molar-refractivity contribution in [2.45, 2.75) is 31.8 Å². The fourth-order valence-electron chi connectivity index (χ4n) is 2.17. The number of hydrogen-bond donors (Lipinski definition) is 2. The lowest BCUT2D eigenvalue weighted by Crippen LogP contribution is -2.30. The van der Waals surface area contributed by atoms with Crippen molar-refractivity contribution in [3.63, 3.8) is 0 Å². The number of halogens is 2. The van der Waals surface area contributed by atoms with Gasteiger partial charge < -0.3 is 10.1 Å². The fraction of sp³-hybridized carbons (Fsp3) is 0.235. The SMILES string of the molecule is Cc1cc(S(N)(=O)=O)cc(NC(=O)C(C)Oc2ccc(Cl)cc2Br)c1C. The molecule has 0 saturated heterocycles. The molecule has 140 valence electrons. The van der Waals surface area contributed by atoms with E-state index in [2.05, 4.69) is 21.2 Å². The standard InChI is InChI=1S/C17H18BrClN2O4S/c1-9-6-13(26(20,23)24)8-15(10(9)2)21-17(22)11(3)25-16-5-4-12(19)7-14(16)18/h4-8,11H,1-3H3,(H,21,22)(H2,20,23,24). The van der Waals surface area contributed by atoms with Gasteiger partial charge in [0.15, 0.2) is 6.10 Å². The molecule has 2 aromatic carbocycles. The van der Waals surface area contributed by atoms with Gasteiger partial charge in [0.1, 0.15) is 5.75 Å². The van der Waals surface area contributed by atoms with Crippen LogP contribution in [0.15, 0.2) is 39.7 Å². The minimum atomic E-state index is -3.88. The molecule has 0 heterocycles. The Morgan fingerprint density at radius 2 is 1.92 bits per heavy atom. The number of benzene rings is 2. The summed E-state index contributed by atoms with van der Waals surface area (Å²) in [7, 11) is -3.88. The van der Waals surface area contributed by atoms with Gasteiger partial charge in [-0.3, -0.25) is 4.79 Å². The van der Waals surface area contributed by atoms with Crippen LogP contribution in [-0.2, 0) is 14.8 Å². The zero-order valence-corrected chi connectivity index (χ0v) is 17.5. The first-order valence-electron chi connectivity index (χ1n) is 7.55. The third-order valence-corrected chi connectivity index (χ3v) is 5.54. The van der Waals surface area contributed by atoms with Gasteiger partial charge in [-0.1, -0.05) is 11.6 Å². The first-order chi connectivity index (χ1) is 12.0. The molecule has 0 bridgehead atoms. The second kappa shape index (κ2) is 7.96. The molecule has 0 aliphatic carbocycles. The van der Waals surface area contributed by atoms with Gasteiger partial charge in [0.05, 0.1) is 9.37 Å². The Kier molecular flexibility index (Phi) is 6.33. The summed E-state index contributed by atoms with van der Waals surface area (Å²) in [6.45, 7) is 5.10. The maximum Gasteiger partial charge on any atom is 0.265 e. The number of carbonyl (C=O) groups is 1. The smallest absolute Gasteiger partial charge is 0.265 e. The molecule has 2 aromatic rings. The predicted octanol–water partition coefficient (Wildman–Crippen LogP) is 3.77. The van der Waals surface area contributed by atoms with Crippen LogP contribution in [0.4, 0.5) is 5.69 Å². The van der Waals surface area contributed by atoms with Crippen molar-refractivity contribution >= 4 is 49.1 Å². The van der Waals surface area contributed by atoms with E-state index in [0.717, 1.165) is 5.56 Å². The number of amides is 1. The van der Waals surface area contributed by atoms with E-state index >= 15 is 0 Å². The number of rotatable bonds is 5. The summed E-state index contributed by atoms with van der Waals surface area (Å²) in [5.74, 6) is 0.0316. The summed E-state index contributed by atoms with van der Waals surface area (Å²) in [4.78, 5) is 12.4. The first-order valence-corrected chi connectivity index (χ1v) is 10.3. The van der Waals surface area contributed by atoms with Crippen LogP contribution in [0.25, 0.3) is 0 Å². The Hall–Kier alpha value is -1.61. The van der Waals surface area contributed by atoms with Gasteiger partial charge in [0, 0.05) is 10.7 Å². The summed E-state index contributed by atoms with van der Waals surface area (Å²) in [6.07, 6.45) is -0.828. The molecule has 0 aliphatic heterocycles. The number of nitrogens with two attached hydrogens (primary N) is 1. The third kappa shape index (κ3) is 4.97. The summed E-state index contributed by atoms with van der Waals surface area (Å²) >= 11 is 9.21. The highest BCUT2D eigenvalue weighted by Crippen LogP contribution is 2.29. The highest BCUT2D eigenvalue weighted by molar-refractivity contribution is 9.10. The Balaban J connectivity index is 2.22. The van der Waals surface area contributed by atoms with Gasteiger partial charge in [-0.15, -0.1) is 0 Å². The molecule has 0 spiro atoms. The molecule has 3 N–H and O–H groups in total. The predicted molar refractivity (Wildman–Crippen MR) is 105 cm³/mol. The Morgan fingerprint density at radius 3 is 2.50 bits per heavy atom. The van der Waals surface area contributed by atoms with Crippen LogP contribution in [0, 0.1) is 13.8 Å². The van der Waals surface area contributed by atoms with Crippen LogP contribution >= 0.6 is 27.5 Å². The molecule has 9 heteroatoms. The lowest BCUT2D eigenvalue weighted by molar-refractivity contribution is -0.122. The van der Waals surface area contributed by atoms with Crippen LogP contribution in [0.5, 0.6) is 5.75 Å². The highest BCUT2D eigenvalue weighted by atomic mass is 79.9. The largest absolute Gasteiger partial charge is 0.480 e. The van der Waals surface area contributed by atoms with Crippen molar-refractivity contribution in [2.24, 2.45) is 5.14 Å². The van der Waals surface area contributed by atoms with E-state index in [0.29, 0.717) is 26.5 Å². The normalized spacial score (nSPS) is 12.5. The van der Waals surface area contributed by atoms with Crippen molar-refractivity contribution in [2.75, 3.05) is 5.32 Å². The van der Waals surface area contributed by atoms with E-state index in [4.69, 9.17) is 21.5 Å². The number of anilines is 1. The Morgan fingerprint density at radius 1 is 1.27 bits per heavy atom. The molecule has 0 aliphatic rings. The van der Waals surface area contributed by atoms with E-state index in [1.165, 1.54) is 12.1 Å². The zero-order chi connectivity index (χ0) is 19.6. The number of sulfonamides is 1. The number of ether oxygens (including phenoxy) is 1. The Bertz CT molecular complexity index is 963. The minimum absolute atomic E-state index is 0.0649. The summed E-state index contributed by atoms with van der Waals surface area (Å²) in [5, 5.41) is 8.41. The molecule has 6 nitrogen and oxygen atoms in total. The van der Waals surface area contributed by atoms with Gasteiger partial charge in [0.2, 0.25) is 10.0 Å². The molecule has 26 heavy (non-hydrogen) atoms. The minimum Gasteiger partial charge on any atom is -0.480 e. The molecule has 1 amide bonds. The summed E-state index contributed by atoms with van der Waals surface area (Å²) in [6, 6.07) is 7.75. The number of nitrogens with one attached hydrogen (secondary N) is 1.